The number of thiazole rings is 1. The van der Waals surface area contributed by atoms with Crippen molar-refractivity contribution in [3.63, 3.8) is 0 Å². The highest BCUT2D eigenvalue weighted by Gasteiger charge is 2.15. The number of aromatic amines is 1. The van der Waals surface area contributed by atoms with Gasteiger partial charge < -0.3 is 10.3 Å². The van der Waals surface area contributed by atoms with Crippen molar-refractivity contribution in [1.82, 2.24) is 15.0 Å². The van der Waals surface area contributed by atoms with Crippen molar-refractivity contribution in [2.75, 3.05) is 5.32 Å². The number of benzene rings is 2. The Hall–Kier alpha value is -2.99. The van der Waals surface area contributed by atoms with Crippen LogP contribution in [0.25, 0.3) is 22.6 Å². The number of hydrogen-bond acceptors (Lipinski definition) is 4. The monoisotopic (exact) mass is 348 g/mol. The van der Waals surface area contributed by atoms with Crippen LogP contribution in [0, 0.1) is 0 Å². The number of aromatic nitrogens is 3. The molecule has 1 amide bonds. The first-order chi connectivity index (χ1) is 12.2. The van der Waals surface area contributed by atoms with Gasteiger partial charge in [-0.2, -0.15) is 0 Å². The lowest BCUT2D eigenvalue weighted by Gasteiger charge is -2.12. The zero-order chi connectivity index (χ0) is 17.2. The molecule has 0 spiro atoms. The summed E-state index contributed by atoms with van der Waals surface area (Å²) in [5.41, 5.74) is 6.05. The zero-order valence-corrected chi connectivity index (χ0v) is 14.4. The normalized spacial score (nSPS) is 12.2. The van der Waals surface area contributed by atoms with Crippen molar-refractivity contribution in [3.05, 3.63) is 65.0 Å². The molecular formula is C19H16N4OS. The number of anilines is 1. The maximum atomic E-state index is 12.5. The van der Waals surface area contributed by atoms with Gasteiger partial charge in [-0.3, -0.25) is 4.79 Å². The van der Waals surface area contributed by atoms with Crippen molar-refractivity contribution in [2.45, 2.75) is 12.8 Å². The quantitative estimate of drug-likeness (QED) is 0.573. The molecule has 0 unspecified atom stereocenters. The van der Waals surface area contributed by atoms with Crippen LogP contribution >= 0.6 is 11.3 Å². The Kier molecular flexibility index (Phi) is 4.03. The van der Waals surface area contributed by atoms with E-state index in [2.05, 4.69) is 20.3 Å². The van der Waals surface area contributed by atoms with Crippen LogP contribution in [0.1, 0.15) is 18.4 Å². The third kappa shape index (κ3) is 3.16. The molecule has 5 nitrogen and oxygen atoms in total. The number of imidazole rings is 1. The first-order valence-electron chi connectivity index (χ1n) is 7.95. The maximum absolute atomic E-state index is 12.5. The van der Waals surface area contributed by atoms with E-state index < -0.39 is 0 Å². The standard InChI is InChI=1S/C19H16N4OS/c1-12(13-5-3-2-4-6-13)19(24)21-14-7-8-15-16(9-14)23-18(22-15)17-10-25-11-20-17/h2-12H,1H3,(H,21,24)(H,22,23)/t12-/m0/s1. The molecule has 0 saturated heterocycles. The van der Waals surface area contributed by atoms with Crippen LogP contribution in [0.5, 0.6) is 0 Å². The minimum atomic E-state index is -0.218. The van der Waals surface area contributed by atoms with Gasteiger partial charge in [-0.1, -0.05) is 30.3 Å². The molecule has 2 heterocycles. The molecule has 25 heavy (non-hydrogen) atoms. The lowest BCUT2D eigenvalue weighted by atomic mass is 10.0. The van der Waals surface area contributed by atoms with Crippen LogP contribution in [0.4, 0.5) is 5.69 Å². The third-order valence-corrected chi connectivity index (χ3v) is 4.70. The second-order valence-electron chi connectivity index (χ2n) is 5.81. The van der Waals surface area contributed by atoms with Crippen LogP contribution in [-0.4, -0.2) is 20.9 Å². The number of nitrogens with one attached hydrogen (secondary N) is 2. The molecule has 0 aliphatic carbocycles. The summed E-state index contributed by atoms with van der Waals surface area (Å²) >= 11 is 1.53. The fourth-order valence-electron chi connectivity index (χ4n) is 2.68. The molecule has 0 aliphatic rings. The van der Waals surface area contributed by atoms with Crippen LogP contribution in [0.3, 0.4) is 0 Å². The summed E-state index contributed by atoms with van der Waals surface area (Å²) in [6.07, 6.45) is 0. The largest absolute Gasteiger partial charge is 0.337 e. The van der Waals surface area contributed by atoms with E-state index in [0.717, 1.165) is 33.8 Å². The highest BCUT2D eigenvalue weighted by Crippen LogP contribution is 2.24. The van der Waals surface area contributed by atoms with Crippen molar-refractivity contribution in [1.29, 1.82) is 0 Å². The molecule has 0 fully saturated rings. The molecule has 2 aromatic heterocycles. The molecule has 0 saturated carbocycles. The lowest BCUT2D eigenvalue weighted by Crippen LogP contribution is -2.18. The molecular weight excluding hydrogens is 332 g/mol. The summed E-state index contributed by atoms with van der Waals surface area (Å²) in [5.74, 6) is 0.478. The minimum Gasteiger partial charge on any atom is -0.337 e. The fourth-order valence-corrected chi connectivity index (χ4v) is 3.22. The molecule has 2 N–H and O–H groups in total. The van der Waals surface area contributed by atoms with E-state index in [1.807, 2.05) is 60.8 Å². The molecule has 0 aliphatic heterocycles. The predicted molar refractivity (Wildman–Crippen MR) is 101 cm³/mol. The summed E-state index contributed by atoms with van der Waals surface area (Å²) in [4.78, 5) is 24.5. The van der Waals surface area contributed by atoms with Crippen molar-refractivity contribution < 1.29 is 4.79 Å². The van der Waals surface area contributed by atoms with Crippen LogP contribution < -0.4 is 5.32 Å². The van der Waals surface area contributed by atoms with Gasteiger partial charge in [-0.15, -0.1) is 11.3 Å². The van der Waals surface area contributed by atoms with E-state index in [0.29, 0.717) is 0 Å². The fraction of sp³-hybridized carbons (Fsp3) is 0.105. The van der Waals surface area contributed by atoms with Gasteiger partial charge in [0.15, 0.2) is 5.82 Å². The summed E-state index contributed by atoms with van der Waals surface area (Å²) < 4.78 is 0. The van der Waals surface area contributed by atoms with Crippen molar-refractivity contribution >= 4 is 34.0 Å². The molecule has 1 atom stereocenters. The Bertz CT molecular complexity index is 1010. The Morgan fingerprint density at radius 1 is 1.20 bits per heavy atom. The van der Waals surface area contributed by atoms with E-state index in [-0.39, 0.29) is 11.8 Å². The molecule has 124 valence electrons. The van der Waals surface area contributed by atoms with Crippen LogP contribution in [-0.2, 0) is 4.79 Å². The number of amides is 1. The van der Waals surface area contributed by atoms with Gasteiger partial charge in [-0.25, -0.2) is 9.97 Å². The average molecular weight is 348 g/mol. The number of carbonyl (C=O) groups excluding carboxylic acids is 1. The molecule has 0 radical (unpaired) electrons. The average Bonchev–Trinajstić information content (AvgIpc) is 3.30. The van der Waals surface area contributed by atoms with Gasteiger partial charge in [0.05, 0.1) is 22.5 Å². The Labute approximate surface area is 148 Å². The number of rotatable bonds is 4. The second-order valence-corrected chi connectivity index (χ2v) is 6.53. The summed E-state index contributed by atoms with van der Waals surface area (Å²) in [6.45, 7) is 1.90. The van der Waals surface area contributed by atoms with E-state index in [1.165, 1.54) is 11.3 Å². The first kappa shape index (κ1) is 15.5. The van der Waals surface area contributed by atoms with Crippen LogP contribution in [0.15, 0.2) is 59.4 Å². The van der Waals surface area contributed by atoms with E-state index >= 15 is 0 Å². The van der Waals surface area contributed by atoms with Gasteiger partial charge in [0.25, 0.3) is 0 Å². The molecule has 4 aromatic rings. The number of carbonyl (C=O) groups is 1. The number of fused-ring (bicyclic) bond motifs is 1. The first-order valence-corrected chi connectivity index (χ1v) is 8.89. The predicted octanol–water partition coefficient (Wildman–Crippen LogP) is 4.43. The topological polar surface area (TPSA) is 70.7 Å². The van der Waals surface area contributed by atoms with E-state index in [9.17, 15) is 4.79 Å². The molecule has 0 bridgehead atoms. The van der Waals surface area contributed by atoms with E-state index in [4.69, 9.17) is 0 Å². The number of nitrogens with zero attached hydrogens (tertiary/aromatic N) is 2. The zero-order valence-electron chi connectivity index (χ0n) is 13.6. The number of H-pyrrole nitrogens is 1. The Morgan fingerprint density at radius 3 is 2.80 bits per heavy atom. The number of hydrogen-bond donors (Lipinski definition) is 2. The summed E-state index contributed by atoms with van der Waals surface area (Å²) in [6, 6.07) is 15.4. The van der Waals surface area contributed by atoms with Gasteiger partial charge in [0.1, 0.15) is 5.69 Å². The molecule has 2 aromatic carbocycles. The van der Waals surface area contributed by atoms with Crippen molar-refractivity contribution in [3.8, 4) is 11.5 Å². The third-order valence-electron chi connectivity index (χ3n) is 4.12. The van der Waals surface area contributed by atoms with Gasteiger partial charge >= 0.3 is 0 Å². The summed E-state index contributed by atoms with van der Waals surface area (Å²) in [7, 11) is 0. The maximum Gasteiger partial charge on any atom is 0.231 e. The molecule has 4 rings (SSSR count). The lowest BCUT2D eigenvalue weighted by molar-refractivity contribution is -0.117. The highest BCUT2D eigenvalue weighted by molar-refractivity contribution is 7.07. The Balaban J connectivity index is 1.56. The SMILES string of the molecule is C[C@H](C(=O)Nc1ccc2nc(-c3cscn3)[nH]c2c1)c1ccccc1. The summed E-state index contributed by atoms with van der Waals surface area (Å²) in [5, 5.41) is 4.92. The van der Waals surface area contributed by atoms with Crippen molar-refractivity contribution in [2.24, 2.45) is 0 Å². The molecule has 6 heteroatoms. The van der Waals surface area contributed by atoms with Crippen LogP contribution in [0.2, 0.25) is 0 Å². The van der Waals surface area contributed by atoms with Gasteiger partial charge in [0.2, 0.25) is 5.91 Å². The highest BCUT2D eigenvalue weighted by atomic mass is 32.1. The Morgan fingerprint density at radius 2 is 2.04 bits per heavy atom. The minimum absolute atomic E-state index is 0.0372. The second kappa shape index (κ2) is 6.49. The van der Waals surface area contributed by atoms with Gasteiger partial charge in [-0.05, 0) is 30.7 Å². The van der Waals surface area contributed by atoms with E-state index in [1.54, 1.807) is 5.51 Å². The van der Waals surface area contributed by atoms with Gasteiger partial charge in [0, 0.05) is 11.1 Å². The smallest absolute Gasteiger partial charge is 0.231 e.